The van der Waals surface area contributed by atoms with Crippen LogP contribution >= 0.6 is 0 Å². The molecule has 1 fully saturated rings. The van der Waals surface area contributed by atoms with Crippen molar-refractivity contribution in [3.63, 3.8) is 0 Å². The molecular weight excluding hydrogens is 190 g/mol. The summed E-state index contributed by atoms with van der Waals surface area (Å²) in [7, 11) is 1.43. The van der Waals surface area contributed by atoms with E-state index in [1.807, 2.05) is 31.2 Å². The molecule has 0 bridgehead atoms. The minimum absolute atomic E-state index is 0.163. The van der Waals surface area contributed by atoms with Crippen LogP contribution in [0.3, 0.4) is 0 Å². The van der Waals surface area contributed by atoms with Crippen LogP contribution < -0.4 is 5.32 Å². The minimum Gasteiger partial charge on any atom is -0.467 e. The van der Waals surface area contributed by atoms with Gasteiger partial charge in [0.25, 0.3) is 0 Å². The molecule has 0 radical (unpaired) electrons. The van der Waals surface area contributed by atoms with Crippen molar-refractivity contribution in [2.45, 2.75) is 25.3 Å². The molecule has 1 aromatic carbocycles. The van der Waals surface area contributed by atoms with Gasteiger partial charge < -0.3 is 10.1 Å². The van der Waals surface area contributed by atoms with Gasteiger partial charge >= 0.3 is 5.97 Å². The molecule has 1 aromatic rings. The van der Waals surface area contributed by atoms with Gasteiger partial charge in [0.15, 0.2) is 0 Å². The van der Waals surface area contributed by atoms with Crippen molar-refractivity contribution in [3.8, 4) is 0 Å². The summed E-state index contributed by atoms with van der Waals surface area (Å²) >= 11 is 0. The molecular formula is C12H15NO2. The number of hydrogen-bond acceptors (Lipinski definition) is 3. The molecule has 15 heavy (non-hydrogen) atoms. The van der Waals surface area contributed by atoms with Gasteiger partial charge in [-0.2, -0.15) is 0 Å². The maximum absolute atomic E-state index is 11.5. The second-order valence-corrected chi connectivity index (χ2v) is 4.07. The van der Waals surface area contributed by atoms with Gasteiger partial charge in [-0.25, -0.2) is 4.79 Å². The van der Waals surface area contributed by atoms with E-state index in [2.05, 4.69) is 5.32 Å². The maximum Gasteiger partial charge on any atom is 0.331 e. The highest BCUT2D eigenvalue weighted by molar-refractivity contribution is 5.87. The van der Waals surface area contributed by atoms with E-state index in [1.54, 1.807) is 0 Å². The molecule has 0 amide bonds. The molecule has 0 saturated heterocycles. The molecule has 0 atom stereocenters. The number of carbonyl (C=O) groups is 1. The largest absolute Gasteiger partial charge is 0.467 e. The van der Waals surface area contributed by atoms with E-state index < -0.39 is 5.54 Å². The number of hydrogen-bond donors (Lipinski definition) is 1. The van der Waals surface area contributed by atoms with Crippen LogP contribution in [0.4, 0.5) is 5.69 Å². The first-order chi connectivity index (χ1) is 7.16. The Balaban J connectivity index is 2.12. The van der Waals surface area contributed by atoms with Gasteiger partial charge in [0.05, 0.1) is 7.11 Å². The quantitative estimate of drug-likeness (QED) is 0.768. The van der Waals surface area contributed by atoms with Gasteiger partial charge in [0.1, 0.15) is 5.54 Å². The van der Waals surface area contributed by atoms with Gasteiger partial charge in [0, 0.05) is 5.69 Å². The van der Waals surface area contributed by atoms with Crippen molar-refractivity contribution in [1.29, 1.82) is 0 Å². The molecule has 3 heteroatoms. The summed E-state index contributed by atoms with van der Waals surface area (Å²) in [5, 5.41) is 3.25. The smallest absolute Gasteiger partial charge is 0.331 e. The first-order valence-electron chi connectivity index (χ1n) is 5.09. The Morgan fingerprint density at radius 3 is 2.73 bits per heavy atom. The maximum atomic E-state index is 11.5. The van der Waals surface area contributed by atoms with Gasteiger partial charge in [-0.1, -0.05) is 12.1 Å². The third kappa shape index (κ3) is 1.96. The summed E-state index contributed by atoms with van der Waals surface area (Å²) in [5.41, 5.74) is 1.71. The number of nitrogens with one attached hydrogen (secondary N) is 1. The molecule has 0 spiro atoms. The monoisotopic (exact) mass is 205 g/mol. The molecule has 1 aliphatic carbocycles. The van der Waals surface area contributed by atoms with E-state index in [0.29, 0.717) is 0 Å². The number of aryl methyl sites for hydroxylation is 1. The Hall–Kier alpha value is -1.51. The van der Waals surface area contributed by atoms with Gasteiger partial charge in [-0.05, 0) is 37.5 Å². The SMILES string of the molecule is COC(=O)C1(Nc2cccc(C)c2)CC1. The average molecular weight is 205 g/mol. The first-order valence-corrected chi connectivity index (χ1v) is 5.09. The lowest BCUT2D eigenvalue weighted by atomic mass is 10.2. The van der Waals surface area contributed by atoms with E-state index in [4.69, 9.17) is 4.74 Å². The summed E-state index contributed by atoms with van der Waals surface area (Å²) in [5.74, 6) is -0.163. The second kappa shape index (κ2) is 3.57. The summed E-state index contributed by atoms with van der Waals surface area (Å²) in [4.78, 5) is 11.5. The molecule has 1 N–H and O–H groups in total. The van der Waals surface area contributed by atoms with Crippen molar-refractivity contribution in [2.75, 3.05) is 12.4 Å². The standard InChI is InChI=1S/C12H15NO2/c1-9-4-3-5-10(8-9)13-12(6-7-12)11(14)15-2/h3-5,8,13H,6-7H2,1-2H3. The third-order valence-electron chi connectivity index (χ3n) is 2.73. The lowest BCUT2D eigenvalue weighted by molar-refractivity contribution is -0.142. The van der Waals surface area contributed by atoms with Crippen LogP contribution in [-0.2, 0) is 9.53 Å². The third-order valence-corrected chi connectivity index (χ3v) is 2.73. The summed E-state index contributed by atoms with van der Waals surface area (Å²) in [6.07, 6.45) is 1.71. The number of benzene rings is 1. The van der Waals surface area contributed by atoms with E-state index in [9.17, 15) is 4.79 Å². The molecule has 2 rings (SSSR count). The van der Waals surface area contributed by atoms with Crippen molar-refractivity contribution in [3.05, 3.63) is 29.8 Å². The first kappa shape index (κ1) is 10.0. The Bertz CT molecular complexity index is 383. The Kier molecular flexibility index (Phi) is 2.39. The van der Waals surface area contributed by atoms with Crippen LogP contribution in [0, 0.1) is 6.92 Å². The zero-order chi connectivity index (χ0) is 10.9. The Labute approximate surface area is 89.4 Å². The van der Waals surface area contributed by atoms with Gasteiger partial charge in [0.2, 0.25) is 0 Å². The van der Waals surface area contributed by atoms with E-state index in [0.717, 1.165) is 18.5 Å². The van der Waals surface area contributed by atoms with Crippen molar-refractivity contribution in [2.24, 2.45) is 0 Å². The summed E-state index contributed by atoms with van der Waals surface area (Å²) in [6.45, 7) is 2.03. The fourth-order valence-electron chi connectivity index (χ4n) is 1.70. The number of methoxy groups -OCH3 is 1. The van der Waals surface area contributed by atoms with Crippen LogP contribution in [0.15, 0.2) is 24.3 Å². The van der Waals surface area contributed by atoms with Crippen molar-refractivity contribution in [1.82, 2.24) is 0 Å². The number of anilines is 1. The lowest BCUT2D eigenvalue weighted by Gasteiger charge is -2.16. The molecule has 0 aliphatic heterocycles. The molecule has 1 saturated carbocycles. The fraction of sp³-hybridized carbons (Fsp3) is 0.417. The van der Waals surface area contributed by atoms with Crippen LogP contribution in [0.25, 0.3) is 0 Å². The van der Waals surface area contributed by atoms with Crippen LogP contribution in [-0.4, -0.2) is 18.6 Å². The Morgan fingerprint density at radius 2 is 2.20 bits per heavy atom. The van der Waals surface area contributed by atoms with E-state index in [1.165, 1.54) is 12.7 Å². The van der Waals surface area contributed by atoms with Crippen LogP contribution in [0.5, 0.6) is 0 Å². The zero-order valence-corrected chi connectivity index (χ0v) is 9.04. The van der Waals surface area contributed by atoms with E-state index >= 15 is 0 Å². The molecule has 3 nitrogen and oxygen atoms in total. The number of esters is 1. The summed E-state index contributed by atoms with van der Waals surface area (Å²) in [6, 6.07) is 8.01. The highest BCUT2D eigenvalue weighted by atomic mass is 16.5. The molecule has 80 valence electrons. The van der Waals surface area contributed by atoms with Crippen molar-refractivity contribution < 1.29 is 9.53 Å². The zero-order valence-electron chi connectivity index (χ0n) is 9.04. The summed E-state index contributed by atoms with van der Waals surface area (Å²) < 4.78 is 4.78. The molecule has 1 aliphatic rings. The lowest BCUT2D eigenvalue weighted by Crippen LogP contribution is -2.32. The van der Waals surface area contributed by atoms with Crippen molar-refractivity contribution >= 4 is 11.7 Å². The molecule has 0 aromatic heterocycles. The topological polar surface area (TPSA) is 38.3 Å². The fourth-order valence-corrected chi connectivity index (χ4v) is 1.70. The normalized spacial score (nSPS) is 16.9. The highest BCUT2D eigenvalue weighted by Crippen LogP contribution is 2.40. The predicted molar refractivity (Wildman–Crippen MR) is 58.8 cm³/mol. The average Bonchev–Trinajstić information content (AvgIpc) is 2.98. The van der Waals surface area contributed by atoms with Gasteiger partial charge in [-0.3, -0.25) is 0 Å². The molecule has 0 heterocycles. The van der Waals surface area contributed by atoms with Crippen LogP contribution in [0.2, 0.25) is 0 Å². The van der Waals surface area contributed by atoms with Gasteiger partial charge in [-0.15, -0.1) is 0 Å². The Morgan fingerprint density at radius 1 is 1.47 bits per heavy atom. The highest BCUT2D eigenvalue weighted by Gasteiger charge is 2.51. The number of carbonyl (C=O) groups excluding carboxylic acids is 1. The van der Waals surface area contributed by atoms with Crippen LogP contribution in [0.1, 0.15) is 18.4 Å². The molecule has 0 unspecified atom stereocenters. The number of ether oxygens (including phenoxy) is 1. The number of rotatable bonds is 3. The minimum atomic E-state index is -0.456. The predicted octanol–water partition coefficient (Wildman–Crippen LogP) is 2.11. The second-order valence-electron chi connectivity index (χ2n) is 4.07. The van der Waals surface area contributed by atoms with E-state index in [-0.39, 0.29) is 5.97 Å².